The summed E-state index contributed by atoms with van der Waals surface area (Å²) >= 11 is 12.1. The van der Waals surface area contributed by atoms with Gasteiger partial charge in [0.05, 0.1) is 23.3 Å². The molecule has 0 spiro atoms. The Morgan fingerprint density at radius 2 is 2.08 bits per heavy atom. The third-order valence-corrected chi connectivity index (χ3v) is 5.59. The van der Waals surface area contributed by atoms with E-state index in [1.807, 2.05) is 18.2 Å². The van der Waals surface area contributed by atoms with Crippen LogP contribution >= 0.6 is 23.2 Å². The predicted molar refractivity (Wildman–Crippen MR) is 94.5 cm³/mol. The number of carbonyl (C=O) groups is 1. The number of nitrogens with one attached hydrogen (secondary N) is 1. The summed E-state index contributed by atoms with van der Waals surface area (Å²) in [6.45, 7) is 2.10. The molecule has 2 saturated heterocycles. The van der Waals surface area contributed by atoms with Gasteiger partial charge in [-0.15, -0.1) is 0 Å². The molecule has 24 heavy (non-hydrogen) atoms. The number of rotatable bonds is 5. The van der Waals surface area contributed by atoms with Crippen molar-refractivity contribution in [2.45, 2.75) is 44.3 Å². The van der Waals surface area contributed by atoms with Crippen LogP contribution in [0.1, 0.15) is 43.6 Å². The molecule has 1 aromatic rings. The van der Waals surface area contributed by atoms with E-state index in [9.17, 15) is 4.79 Å². The molecule has 3 atom stereocenters. The molecule has 4 nitrogen and oxygen atoms in total. The number of hydrogen-bond acceptors (Lipinski definition) is 3. The number of carbonyl (C=O) groups excluding carboxylic acids is 1. The first-order valence-electron chi connectivity index (χ1n) is 8.56. The van der Waals surface area contributed by atoms with E-state index in [1.54, 1.807) is 0 Å². The van der Waals surface area contributed by atoms with Crippen LogP contribution in [0, 0.1) is 5.92 Å². The van der Waals surface area contributed by atoms with Crippen LogP contribution < -0.4 is 5.32 Å². The van der Waals surface area contributed by atoms with Crippen molar-refractivity contribution in [3.8, 4) is 0 Å². The van der Waals surface area contributed by atoms with Crippen LogP contribution in [0.5, 0.6) is 0 Å². The summed E-state index contributed by atoms with van der Waals surface area (Å²) in [5.41, 5.74) is 1.17. The van der Waals surface area contributed by atoms with Crippen LogP contribution in [0.3, 0.4) is 0 Å². The average Bonchev–Trinajstić information content (AvgIpc) is 2.60. The molecule has 3 rings (SSSR count). The fraction of sp³-hybridized carbons (Fsp3) is 0.611. The summed E-state index contributed by atoms with van der Waals surface area (Å²) in [4.78, 5) is 11.1. The van der Waals surface area contributed by atoms with Crippen molar-refractivity contribution in [3.63, 3.8) is 0 Å². The van der Waals surface area contributed by atoms with Gasteiger partial charge in [0.1, 0.15) is 0 Å². The van der Waals surface area contributed by atoms with Gasteiger partial charge < -0.3 is 14.8 Å². The summed E-state index contributed by atoms with van der Waals surface area (Å²) in [6, 6.07) is 5.78. The molecular formula is C18H23Cl2NO3. The lowest BCUT2D eigenvalue weighted by atomic mass is 9.93. The minimum Gasteiger partial charge on any atom is -0.356 e. The number of hydrogen-bond donors (Lipinski definition) is 1. The molecular weight excluding hydrogens is 349 g/mol. The van der Waals surface area contributed by atoms with E-state index in [1.165, 1.54) is 5.56 Å². The van der Waals surface area contributed by atoms with Gasteiger partial charge in [-0.2, -0.15) is 0 Å². The number of ether oxygens (including phenoxy) is 2. The van der Waals surface area contributed by atoms with E-state index in [2.05, 4.69) is 5.32 Å². The highest BCUT2D eigenvalue weighted by Gasteiger charge is 2.24. The van der Waals surface area contributed by atoms with E-state index in [0.29, 0.717) is 41.5 Å². The summed E-state index contributed by atoms with van der Waals surface area (Å²) in [5.74, 6) is 1.03. The lowest BCUT2D eigenvalue weighted by molar-refractivity contribution is -0.169. The maximum absolute atomic E-state index is 11.1. The minimum absolute atomic E-state index is 0.123. The van der Waals surface area contributed by atoms with Crippen molar-refractivity contribution >= 4 is 29.1 Å². The van der Waals surface area contributed by atoms with E-state index >= 15 is 0 Å². The standard InChI is InChI=1S/C18H23Cl2NO3/c19-15-4-2-13(9-16(15)20)14-3-6-18(24-11-14)23-8-7-12-1-5-17(22)21-10-12/h2,4,9,12,14,18H,1,3,5-8,10-11H2,(H,21,22). The van der Waals surface area contributed by atoms with Gasteiger partial charge in [-0.3, -0.25) is 4.79 Å². The molecule has 3 unspecified atom stereocenters. The van der Waals surface area contributed by atoms with Gasteiger partial charge in [0.2, 0.25) is 5.91 Å². The Morgan fingerprint density at radius 1 is 1.21 bits per heavy atom. The van der Waals surface area contributed by atoms with Gasteiger partial charge >= 0.3 is 0 Å². The van der Waals surface area contributed by atoms with Crippen LogP contribution in [0.4, 0.5) is 0 Å². The van der Waals surface area contributed by atoms with Gasteiger partial charge in [0, 0.05) is 18.9 Å². The molecule has 132 valence electrons. The predicted octanol–water partition coefficient (Wildman–Crippen LogP) is 4.15. The fourth-order valence-electron chi connectivity index (χ4n) is 3.28. The second-order valence-corrected chi connectivity index (χ2v) is 7.39. The topological polar surface area (TPSA) is 47.6 Å². The lowest BCUT2D eigenvalue weighted by Gasteiger charge is -2.30. The highest BCUT2D eigenvalue weighted by molar-refractivity contribution is 6.42. The zero-order valence-electron chi connectivity index (χ0n) is 13.6. The van der Waals surface area contributed by atoms with E-state index in [0.717, 1.165) is 32.2 Å². The molecule has 1 aromatic carbocycles. The molecule has 0 bridgehead atoms. The first kappa shape index (κ1) is 18.0. The number of benzene rings is 1. The molecule has 6 heteroatoms. The SMILES string of the molecule is O=C1CCC(CCOC2CCC(c3ccc(Cl)c(Cl)c3)CO2)CN1. The first-order chi connectivity index (χ1) is 11.6. The quantitative estimate of drug-likeness (QED) is 0.845. The van der Waals surface area contributed by atoms with Gasteiger partial charge in [-0.05, 0) is 49.3 Å². The molecule has 1 N–H and O–H groups in total. The molecule has 2 aliphatic heterocycles. The molecule has 1 amide bonds. The highest BCUT2D eigenvalue weighted by Crippen LogP contribution is 2.32. The van der Waals surface area contributed by atoms with Crippen molar-refractivity contribution in [2.24, 2.45) is 5.92 Å². The maximum Gasteiger partial charge on any atom is 0.220 e. The Hall–Kier alpha value is -0.810. The Labute approximate surface area is 152 Å². The molecule has 2 heterocycles. The Balaban J connectivity index is 1.37. The second kappa shape index (κ2) is 8.52. The first-order valence-corrected chi connectivity index (χ1v) is 9.32. The number of piperidine rings is 1. The molecule has 0 radical (unpaired) electrons. The highest BCUT2D eigenvalue weighted by atomic mass is 35.5. The van der Waals surface area contributed by atoms with Crippen molar-refractivity contribution in [2.75, 3.05) is 19.8 Å². The molecule has 0 saturated carbocycles. The molecule has 0 aliphatic carbocycles. The van der Waals surface area contributed by atoms with Crippen LogP contribution in [-0.2, 0) is 14.3 Å². The summed E-state index contributed by atoms with van der Waals surface area (Å²) < 4.78 is 11.7. The van der Waals surface area contributed by atoms with Crippen molar-refractivity contribution in [1.82, 2.24) is 5.32 Å². The maximum atomic E-state index is 11.1. The molecule has 2 aliphatic rings. The van der Waals surface area contributed by atoms with Crippen LogP contribution in [-0.4, -0.2) is 32.0 Å². The summed E-state index contributed by atoms with van der Waals surface area (Å²) in [5, 5.41) is 4.08. The number of halogens is 2. The van der Waals surface area contributed by atoms with Gasteiger partial charge in [-0.1, -0.05) is 29.3 Å². The van der Waals surface area contributed by atoms with Crippen LogP contribution in [0.2, 0.25) is 10.0 Å². The largest absolute Gasteiger partial charge is 0.356 e. The zero-order valence-corrected chi connectivity index (χ0v) is 15.1. The zero-order chi connectivity index (χ0) is 16.9. The monoisotopic (exact) mass is 371 g/mol. The average molecular weight is 372 g/mol. The molecule has 0 aromatic heterocycles. The Bertz CT molecular complexity index is 563. The lowest BCUT2D eigenvalue weighted by Crippen LogP contribution is -2.35. The Morgan fingerprint density at radius 3 is 2.75 bits per heavy atom. The Kier molecular flexibility index (Phi) is 6.39. The van der Waals surface area contributed by atoms with Gasteiger partial charge in [0.25, 0.3) is 0 Å². The van der Waals surface area contributed by atoms with Gasteiger partial charge in [0.15, 0.2) is 6.29 Å². The summed E-state index contributed by atoms with van der Waals surface area (Å²) in [6.07, 6.45) is 4.34. The smallest absolute Gasteiger partial charge is 0.220 e. The van der Waals surface area contributed by atoms with E-state index in [-0.39, 0.29) is 12.2 Å². The van der Waals surface area contributed by atoms with Crippen molar-refractivity contribution < 1.29 is 14.3 Å². The van der Waals surface area contributed by atoms with E-state index in [4.69, 9.17) is 32.7 Å². The van der Waals surface area contributed by atoms with Crippen molar-refractivity contribution in [1.29, 1.82) is 0 Å². The van der Waals surface area contributed by atoms with Crippen LogP contribution in [0.25, 0.3) is 0 Å². The second-order valence-electron chi connectivity index (χ2n) is 6.58. The third kappa shape index (κ3) is 4.85. The minimum atomic E-state index is -0.123. The van der Waals surface area contributed by atoms with Gasteiger partial charge in [-0.25, -0.2) is 0 Å². The van der Waals surface area contributed by atoms with Crippen molar-refractivity contribution in [3.05, 3.63) is 33.8 Å². The number of amides is 1. The fourth-order valence-corrected chi connectivity index (χ4v) is 3.59. The van der Waals surface area contributed by atoms with E-state index < -0.39 is 0 Å². The third-order valence-electron chi connectivity index (χ3n) is 4.85. The van der Waals surface area contributed by atoms with Crippen LogP contribution in [0.15, 0.2) is 18.2 Å². The summed E-state index contributed by atoms with van der Waals surface area (Å²) in [7, 11) is 0. The molecule has 2 fully saturated rings. The normalized spacial score (nSPS) is 27.8.